The highest BCUT2D eigenvalue weighted by atomic mass is 35.5. The molecule has 14 heteroatoms. The fourth-order valence-corrected chi connectivity index (χ4v) is 4.27. The summed E-state index contributed by atoms with van der Waals surface area (Å²) in [5.74, 6) is -0.0106. The Morgan fingerprint density at radius 3 is 2.70 bits per heavy atom. The lowest BCUT2D eigenvalue weighted by atomic mass is 10.0. The molecule has 2 aromatic rings. The number of benzene rings is 1. The number of urea groups is 1. The van der Waals surface area contributed by atoms with Crippen molar-refractivity contribution in [1.82, 2.24) is 14.9 Å². The van der Waals surface area contributed by atoms with Gasteiger partial charge in [-0.15, -0.1) is 0 Å². The number of nitrogens with zero attached hydrogens (tertiary/aromatic N) is 6. The Hall–Kier alpha value is -3.22. The number of carbonyl (C=O) groups excluding carboxylic acids is 1. The van der Waals surface area contributed by atoms with Crippen LogP contribution in [0.4, 0.5) is 23.7 Å². The van der Waals surface area contributed by atoms with Crippen molar-refractivity contribution in [2.75, 3.05) is 18.4 Å². The molecule has 1 aromatic heterocycles. The zero-order chi connectivity index (χ0) is 26.7. The second-order valence-corrected chi connectivity index (χ2v) is 8.87. The Morgan fingerprint density at radius 1 is 1.27 bits per heavy atom. The molecule has 2 aliphatic heterocycles. The summed E-state index contributed by atoms with van der Waals surface area (Å²) in [5, 5.41) is -0.336. The summed E-state index contributed by atoms with van der Waals surface area (Å²) in [6.07, 6.45) is -1.61. The van der Waals surface area contributed by atoms with Crippen LogP contribution in [0.5, 0.6) is 5.75 Å². The van der Waals surface area contributed by atoms with Crippen LogP contribution in [0.15, 0.2) is 53.2 Å². The van der Waals surface area contributed by atoms with E-state index in [0.29, 0.717) is 24.0 Å². The SMILES string of the molecule is C=CC(F)C(F)(F)Oc1cc(N2COCN([C@@H](C)C3=NC=NC3Cc3ncccn3)C2=O)c(Cl)cc1Cl. The maximum Gasteiger partial charge on any atom is 0.433 e. The molecule has 3 atom stereocenters. The van der Waals surface area contributed by atoms with Crippen LogP contribution in [0, 0.1) is 0 Å². The van der Waals surface area contributed by atoms with E-state index in [4.69, 9.17) is 27.9 Å². The Balaban J connectivity index is 1.55. The minimum atomic E-state index is -4.25. The lowest BCUT2D eigenvalue weighted by molar-refractivity contribution is -0.207. The van der Waals surface area contributed by atoms with Crippen molar-refractivity contribution >= 4 is 47.0 Å². The predicted octanol–water partition coefficient (Wildman–Crippen LogP) is 4.94. The molecule has 2 unspecified atom stereocenters. The van der Waals surface area contributed by atoms with E-state index in [1.54, 1.807) is 25.4 Å². The maximum absolute atomic E-state index is 14.1. The minimum absolute atomic E-state index is 0.0216. The second-order valence-electron chi connectivity index (χ2n) is 8.06. The normalized spacial score (nSPS) is 19.6. The third-order valence-electron chi connectivity index (χ3n) is 5.68. The number of aliphatic imine (C=N–C) groups is 2. The van der Waals surface area contributed by atoms with Crippen LogP contribution >= 0.6 is 23.2 Å². The van der Waals surface area contributed by atoms with Crippen molar-refractivity contribution in [1.29, 1.82) is 0 Å². The molecule has 2 aliphatic rings. The molecule has 196 valence electrons. The quantitative estimate of drug-likeness (QED) is 0.408. The molecule has 4 rings (SSSR count). The van der Waals surface area contributed by atoms with E-state index in [1.165, 1.54) is 11.2 Å². The molecule has 0 radical (unpaired) electrons. The highest BCUT2D eigenvalue weighted by Crippen LogP contribution is 2.40. The number of carbonyl (C=O) groups is 1. The number of amides is 2. The zero-order valence-corrected chi connectivity index (χ0v) is 20.9. The van der Waals surface area contributed by atoms with Crippen LogP contribution in [0.25, 0.3) is 0 Å². The van der Waals surface area contributed by atoms with E-state index in [9.17, 15) is 18.0 Å². The number of anilines is 1. The molecule has 2 amide bonds. The largest absolute Gasteiger partial charge is 0.433 e. The van der Waals surface area contributed by atoms with Crippen LogP contribution < -0.4 is 9.64 Å². The van der Waals surface area contributed by atoms with Gasteiger partial charge in [-0.3, -0.25) is 14.8 Å². The molecule has 37 heavy (non-hydrogen) atoms. The lowest BCUT2D eigenvalue weighted by Crippen LogP contribution is -2.56. The molecule has 3 heterocycles. The summed E-state index contributed by atoms with van der Waals surface area (Å²) in [5.41, 5.74) is 0.571. The molecule has 1 saturated heterocycles. The summed E-state index contributed by atoms with van der Waals surface area (Å²) in [7, 11) is 0. The summed E-state index contributed by atoms with van der Waals surface area (Å²) < 4.78 is 51.8. The van der Waals surface area contributed by atoms with Crippen molar-refractivity contribution in [3.8, 4) is 5.75 Å². The first-order chi connectivity index (χ1) is 17.6. The molecule has 0 spiro atoms. The van der Waals surface area contributed by atoms with E-state index in [-0.39, 0.29) is 35.2 Å². The van der Waals surface area contributed by atoms with Gasteiger partial charge in [-0.05, 0) is 25.1 Å². The van der Waals surface area contributed by atoms with Crippen LogP contribution in [-0.2, 0) is 11.2 Å². The van der Waals surface area contributed by atoms with Gasteiger partial charge in [0.15, 0.2) is 0 Å². The molecule has 0 N–H and O–H groups in total. The average molecular weight is 557 g/mol. The first kappa shape index (κ1) is 26.8. The standard InChI is InChI=1S/C23H21Cl2F3N6O3/c1-3-19(26)23(27,28)37-18-9-17(14(24)7-15(18)25)34-12-36-11-33(22(34)35)13(2)21-16(31-10-32-21)8-20-29-5-4-6-30-20/h3-7,9-10,13,16,19H,1,8,11-12H2,2H3/t13-,16?,19?/m0/s1. The molecule has 0 saturated carbocycles. The van der Waals surface area contributed by atoms with E-state index < -0.39 is 30.1 Å². The highest BCUT2D eigenvalue weighted by Gasteiger charge is 2.42. The Kier molecular flexibility index (Phi) is 8.00. The Labute approximate surface area is 220 Å². The molecule has 0 aliphatic carbocycles. The smallest absolute Gasteiger partial charge is 0.428 e. The molecular weight excluding hydrogens is 536 g/mol. The van der Waals surface area contributed by atoms with E-state index in [1.807, 2.05) is 0 Å². The van der Waals surface area contributed by atoms with Crippen LogP contribution in [0.2, 0.25) is 10.0 Å². The molecule has 0 bridgehead atoms. The molecule has 1 aromatic carbocycles. The van der Waals surface area contributed by atoms with Crippen molar-refractivity contribution in [3.05, 3.63) is 59.1 Å². The first-order valence-corrected chi connectivity index (χ1v) is 11.7. The van der Waals surface area contributed by atoms with Gasteiger partial charge in [0.2, 0.25) is 6.17 Å². The van der Waals surface area contributed by atoms with Gasteiger partial charge in [0.1, 0.15) is 31.4 Å². The Bertz CT molecular complexity index is 1230. The van der Waals surface area contributed by atoms with Gasteiger partial charge in [0.05, 0.1) is 33.5 Å². The van der Waals surface area contributed by atoms with Gasteiger partial charge < -0.3 is 9.47 Å². The Morgan fingerprint density at radius 2 is 2.00 bits per heavy atom. The fraction of sp³-hybridized carbons (Fsp3) is 0.348. The highest BCUT2D eigenvalue weighted by molar-refractivity contribution is 6.37. The first-order valence-electron chi connectivity index (χ1n) is 11.0. The molecule has 9 nitrogen and oxygen atoms in total. The van der Waals surface area contributed by atoms with Crippen LogP contribution in [0.3, 0.4) is 0 Å². The van der Waals surface area contributed by atoms with Gasteiger partial charge in [-0.25, -0.2) is 24.1 Å². The lowest BCUT2D eigenvalue weighted by Gasteiger charge is -2.39. The number of hydrogen-bond acceptors (Lipinski definition) is 7. The van der Waals surface area contributed by atoms with Crippen molar-refractivity contribution < 1.29 is 27.4 Å². The number of rotatable bonds is 9. The number of alkyl halides is 3. The van der Waals surface area contributed by atoms with E-state index in [2.05, 4.69) is 31.3 Å². The van der Waals surface area contributed by atoms with Crippen LogP contribution in [-0.4, -0.2) is 70.8 Å². The third-order valence-corrected chi connectivity index (χ3v) is 6.28. The topological polar surface area (TPSA) is 92.5 Å². The van der Waals surface area contributed by atoms with Gasteiger partial charge in [0, 0.05) is 24.9 Å². The number of aromatic nitrogens is 2. The maximum atomic E-state index is 14.1. The van der Waals surface area contributed by atoms with Gasteiger partial charge >= 0.3 is 12.1 Å². The van der Waals surface area contributed by atoms with Gasteiger partial charge in [0.25, 0.3) is 0 Å². The van der Waals surface area contributed by atoms with Crippen molar-refractivity contribution in [2.45, 2.75) is 37.7 Å². The van der Waals surface area contributed by atoms with Crippen molar-refractivity contribution in [3.63, 3.8) is 0 Å². The summed E-state index contributed by atoms with van der Waals surface area (Å²) in [6.45, 7) is 4.45. The monoisotopic (exact) mass is 556 g/mol. The van der Waals surface area contributed by atoms with Gasteiger partial charge in [-0.1, -0.05) is 29.8 Å². The minimum Gasteiger partial charge on any atom is -0.428 e. The predicted molar refractivity (Wildman–Crippen MR) is 133 cm³/mol. The number of halogens is 5. The van der Waals surface area contributed by atoms with Gasteiger partial charge in [-0.2, -0.15) is 8.78 Å². The average Bonchev–Trinajstić information content (AvgIpc) is 3.33. The zero-order valence-electron chi connectivity index (χ0n) is 19.4. The van der Waals surface area contributed by atoms with Crippen molar-refractivity contribution in [2.24, 2.45) is 9.98 Å². The van der Waals surface area contributed by atoms with E-state index >= 15 is 0 Å². The summed E-state index contributed by atoms with van der Waals surface area (Å²) in [4.78, 5) is 33.1. The van der Waals surface area contributed by atoms with E-state index in [0.717, 1.165) is 17.0 Å². The fourth-order valence-electron chi connectivity index (χ4n) is 3.74. The number of hydrogen-bond donors (Lipinski definition) is 0. The van der Waals surface area contributed by atoms with Crippen LogP contribution in [0.1, 0.15) is 12.7 Å². The second kappa shape index (κ2) is 11.0. The molecule has 1 fully saturated rings. The molecular formula is C23H21Cl2F3N6O3. The summed E-state index contributed by atoms with van der Waals surface area (Å²) in [6, 6.07) is 2.35. The summed E-state index contributed by atoms with van der Waals surface area (Å²) >= 11 is 12.3. The number of ether oxygens (including phenoxy) is 2. The third kappa shape index (κ3) is 5.71.